The summed E-state index contributed by atoms with van der Waals surface area (Å²) in [5, 5.41) is 14.8. The molecule has 0 heterocycles. The molecule has 1 saturated carbocycles. The molecule has 0 radical (unpaired) electrons. The number of hydrogen-bond donors (Lipinski definition) is 4. The van der Waals surface area contributed by atoms with Crippen molar-refractivity contribution in [3.05, 3.63) is 0 Å². The van der Waals surface area contributed by atoms with Crippen molar-refractivity contribution in [2.75, 3.05) is 13.1 Å². The Kier molecular flexibility index (Phi) is 3.98. The molecular weight excluding hydrogens is 220 g/mol. The van der Waals surface area contributed by atoms with Gasteiger partial charge in [-0.1, -0.05) is 5.16 Å². The van der Waals surface area contributed by atoms with Gasteiger partial charge in [-0.25, -0.2) is 0 Å². The van der Waals surface area contributed by atoms with E-state index < -0.39 is 5.41 Å². The fraction of sp³-hybridized carbons (Fsp3) is 0.818. The van der Waals surface area contributed by atoms with E-state index in [0.717, 1.165) is 19.4 Å². The standard InChI is InChI=1S/C11H22N4O2/c1-10(2,9(13)16)6-14-7-11(3-4-11)5-8(12)15-17/h14,17H,3-7H2,1-2H3,(H2,12,15)(H2,13,16). The number of carbonyl (C=O) groups excluding carboxylic acids is 1. The Labute approximate surface area is 101 Å². The van der Waals surface area contributed by atoms with E-state index in [2.05, 4.69) is 10.5 Å². The zero-order valence-corrected chi connectivity index (χ0v) is 10.5. The van der Waals surface area contributed by atoms with E-state index in [1.165, 1.54) is 0 Å². The Balaban J connectivity index is 2.34. The largest absolute Gasteiger partial charge is 0.409 e. The van der Waals surface area contributed by atoms with Gasteiger partial charge in [0.1, 0.15) is 5.84 Å². The second kappa shape index (κ2) is 4.91. The smallest absolute Gasteiger partial charge is 0.224 e. The maximum Gasteiger partial charge on any atom is 0.224 e. The molecule has 1 rings (SSSR count). The van der Waals surface area contributed by atoms with Gasteiger partial charge in [-0.2, -0.15) is 0 Å². The van der Waals surface area contributed by atoms with Crippen LogP contribution in [0.1, 0.15) is 33.1 Å². The Bertz CT molecular complexity index is 321. The molecular formula is C11H22N4O2. The minimum absolute atomic E-state index is 0.101. The molecule has 6 heteroatoms. The Morgan fingerprint density at radius 2 is 2.06 bits per heavy atom. The van der Waals surface area contributed by atoms with Crippen molar-refractivity contribution in [1.82, 2.24) is 5.32 Å². The zero-order valence-electron chi connectivity index (χ0n) is 10.5. The molecule has 1 fully saturated rings. The van der Waals surface area contributed by atoms with Crippen LogP contribution in [0.5, 0.6) is 0 Å². The van der Waals surface area contributed by atoms with E-state index in [1.807, 2.05) is 13.8 Å². The average molecular weight is 242 g/mol. The second-order valence-electron chi connectivity index (χ2n) is 5.62. The van der Waals surface area contributed by atoms with Gasteiger partial charge in [-0.3, -0.25) is 4.79 Å². The van der Waals surface area contributed by atoms with Gasteiger partial charge in [-0.15, -0.1) is 0 Å². The van der Waals surface area contributed by atoms with E-state index in [1.54, 1.807) is 0 Å². The lowest BCUT2D eigenvalue weighted by atomic mass is 9.92. The van der Waals surface area contributed by atoms with Crippen LogP contribution in [-0.4, -0.2) is 30.0 Å². The van der Waals surface area contributed by atoms with Crippen molar-refractivity contribution in [3.8, 4) is 0 Å². The van der Waals surface area contributed by atoms with Crippen LogP contribution in [0.4, 0.5) is 0 Å². The SMILES string of the molecule is CC(C)(CNCC1(CC(N)=NO)CC1)C(N)=O. The van der Waals surface area contributed by atoms with Gasteiger partial charge in [0.15, 0.2) is 0 Å². The molecule has 6 N–H and O–H groups in total. The molecule has 0 spiro atoms. The molecule has 6 nitrogen and oxygen atoms in total. The summed E-state index contributed by atoms with van der Waals surface area (Å²) < 4.78 is 0. The number of primary amides is 1. The van der Waals surface area contributed by atoms with Crippen LogP contribution in [0.25, 0.3) is 0 Å². The number of hydrogen-bond acceptors (Lipinski definition) is 4. The van der Waals surface area contributed by atoms with Gasteiger partial charge in [0.2, 0.25) is 5.91 Å². The third-order valence-electron chi connectivity index (χ3n) is 3.38. The molecule has 0 atom stereocenters. The van der Waals surface area contributed by atoms with Gasteiger partial charge in [-0.05, 0) is 32.1 Å². The van der Waals surface area contributed by atoms with Crippen molar-refractivity contribution in [2.24, 2.45) is 27.5 Å². The Hall–Kier alpha value is -1.30. The maximum atomic E-state index is 11.1. The molecule has 0 saturated heterocycles. The van der Waals surface area contributed by atoms with E-state index in [4.69, 9.17) is 16.7 Å². The van der Waals surface area contributed by atoms with Crippen molar-refractivity contribution in [3.63, 3.8) is 0 Å². The average Bonchev–Trinajstić information content (AvgIpc) is 2.97. The highest BCUT2D eigenvalue weighted by Gasteiger charge is 2.43. The third kappa shape index (κ3) is 3.89. The zero-order chi connectivity index (χ0) is 13.1. The number of amides is 1. The highest BCUT2D eigenvalue weighted by atomic mass is 16.4. The first-order valence-electron chi connectivity index (χ1n) is 5.78. The quantitative estimate of drug-likeness (QED) is 0.218. The summed E-state index contributed by atoms with van der Waals surface area (Å²) >= 11 is 0. The number of amidine groups is 1. The van der Waals surface area contributed by atoms with Gasteiger partial charge in [0.05, 0.1) is 5.41 Å². The highest BCUT2D eigenvalue weighted by Crippen LogP contribution is 2.48. The predicted molar refractivity (Wildman–Crippen MR) is 65.5 cm³/mol. The number of rotatable bonds is 7. The fourth-order valence-corrected chi connectivity index (χ4v) is 1.74. The first-order chi connectivity index (χ1) is 7.81. The van der Waals surface area contributed by atoms with Gasteiger partial charge < -0.3 is 22.0 Å². The topological polar surface area (TPSA) is 114 Å². The van der Waals surface area contributed by atoms with E-state index in [0.29, 0.717) is 13.0 Å². The normalized spacial score (nSPS) is 19.1. The number of nitrogens with zero attached hydrogens (tertiary/aromatic N) is 1. The van der Waals surface area contributed by atoms with Crippen molar-refractivity contribution < 1.29 is 10.0 Å². The Morgan fingerprint density at radius 3 is 2.47 bits per heavy atom. The van der Waals surface area contributed by atoms with Crippen molar-refractivity contribution in [2.45, 2.75) is 33.1 Å². The summed E-state index contributed by atoms with van der Waals surface area (Å²) in [7, 11) is 0. The second-order valence-corrected chi connectivity index (χ2v) is 5.62. The summed E-state index contributed by atoms with van der Waals surface area (Å²) in [5.41, 5.74) is 10.3. The number of nitrogens with two attached hydrogens (primary N) is 2. The number of carbonyl (C=O) groups is 1. The maximum absolute atomic E-state index is 11.1. The summed E-state index contributed by atoms with van der Waals surface area (Å²) in [5.74, 6) is -0.0512. The minimum atomic E-state index is -0.549. The van der Waals surface area contributed by atoms with E-state index in [9.17, 15) is 4.79 Å². The number of oxime groups is 1. The molecule has 1 aliphatic carbocycles. The number of nitrogens with one attached hydrogen (secondary N) is 1. The fourth-order valence-electron chi connectivity index (χ4n) is 1.74. The lowest BCUT2D eigenvalue weighted by Gasteiger charge is -2.23. The molecule has 0 unspecified atom stereocenters. The predicted octanol–water partition coefficient (Wildman–Crippen LogP) is 0.00420. The monoisotopic (exact) mass is 242 g/mol. The molecule has 17 heavy (non-hydrogen) atoms. The van der Waals surface area contributed by atoms with Crippen molar-refractivity contribution in [1.29, 1.82) is 0 Å². The van der Waals surface area contributed by atoms with Crippen LogP contribution in [0.15, 0.2) is 5.16 Å². The van der Waals surface area contributed by atoms with Crippen LogP contribution < -0.4 is 16.8 Å². The summed E-state index contributed by atoms with van der Waals surface area (Å²) in [6.45, 7) is 4.93. The molecule has 0 aliphatic heterocycles. The molecule has 0 bridgehead atoms. The van der Waals surface area contributed by atoms with E-state index in [-0.39, 0.29) is 17.2 Å². The van der Waals surface area contributed by atoms with Crippen LogP contribution in [0.2, 0.25) is 0 Å². The minimum Gasteiger partial charge on any atom is -0.409 e. The molecule has 0 aromatic heterocycles. The van der Waals surface area contributed by atoms with Gasteiger partial charge >= 0.3 is 0 Å². The lowest BCUT2D eigenvalue weighted by Crippen LogP contribution is -2.42. The Morgan fingerprint density at radius 1 is 1.47 bits per heavy atom. The first kappa shape index (κ1) is 13.8. The van der Waals surface area contributed by atoms with Crippen LogP contribution in [-0.2, 0) is 4.79 Å². The molecule has 0 aromatic rings. The van der Waals surface area contributed by atoms with Gasteiger partial charge in [0, 0.05) is 19.5 Å². The highest BCUT2D eigenvalue weighted by molar-refractivity contribution is 5.81. The third-order valence-corrected chi connectivity index (χ3v) is 3.38. The van der Waals surface area contributed by atoms with Crippen LogP contribution >= 0.6 is 0 Å². The molecule has 98 valence electrons. The van der Waals surface area contributed by atoms with Crippen molar-refractivity contribution >= 4 is 11.7 Å². The van der Waals surface area contributed by atoms with Gasteiger partial charge in [0.25, 0.3) is 0 Å². The molecule has 1 amide bonds. The lowest BCUT2D eigenvalue weighted by molar-refractivity contribution is -0.125. The van der Waals surface area contributed by atoms with Crippen LogP contribution in [0.3, 0.4) is 0 Å². The van der Waals surface area contributed by atoms with Crippen LogP contribution in [0, 0.1) is 10.8 Å². The first-order valence-corrected chi connectivity index (χ1v) is 5.78. The summed E-state index contributed by atoms with van der Waals surface area (Å²) in [4.78, 5) is 11.1. The summed E-state index contributed by atoms with van der Waals surface area (Å²) in [6, 6.07) is 0. The summed E-state index contributed by atoms with van der Waals surface area (Å²) in [6.07, 6.45) is 2.72. The molecule has 0 aromatic carbocycles. The molecule has 1 aliphatic rings. The van der Waals surface area contributed by atoms with E-state index >= 15 is 0 Å².